The van der Waals surface area contributed by atoms with Crippen LogP contribution in [0.2, 0.25) is 0 Å². The maximum absolute atomic E-state index is 12.9. The summed E-state index contributed by atoms with van der Waals surface area (Å²) in [6.07, 6.45) is 0. The zero-order chi connectivity index (χ0) is 10.6. The second kappa shape index (κ2) is 4.95. The number of benzene rings is 1. The van der Waals surface area contributed by atoms with Crippen LogP contribution in [0.5, 0.6) is 0 Å². The molecule has 1 aromatic carbocycles. The first kappa shape index (κ1) is 12.1. The molecule has 0 aliphatic rings. The summed E-state index contributed by atoms with van der Waals surface area (Å²) in [4.78, 5) is 0. The second-order valence-electron chi connectivity index (χ2n) is 2.76. The van der Waals surface area contributed by atoms with Crippen LogP contribution in [-0.2, 0) is 0 Å². The van der Waals surface area contributed by atoms with Crippen LogP contribution in [0.25, 0.3) is 0 Å². The smallest absolute Gasteiger partial charge is 0.162 e. The molecule has 0 atom stereocenters. The van der Waals surface area contributed by atoms with Crippen LogP contribution in [0.15, 0.2) is 6.07 Å². The molecule has 1 aromatic rings. The Hall–Kier alpha value is -0.920. The minimum atomic E-state index is -0.729. The maximum atomic E-state index is 12.9. The van der Waals surface area contributed by atoms with E-state index in [1.165, 1.54) is 0 Å². The van der Waals surface area contributed by atoms with E-state index in [1.807, 2.05) is 13.8 Å². The molecule has 74 valence electrons. The number of halogens is 2. The van der Waals surface area contributed by atoms with Gasteiger partial charge in [-0.3, -0.25) is 0 Å². The number of hydrogen-bond donors (Lipinski definition) is 0. The van der Waals surface area contributed by atoms with Crippen molar-refractivity contribution in [1.82, 2.24) is 0 Å². The molecule has 0 heterocycles. The average molecular weight is 186 g/mol. The first-order valence-electron chi connectivity index (χ1n) is 4.46. The number of aryl methyl sites for hydroxylation is 2. The fraction of sp³-hybridized carbons (Fsp3) is 0.455. The van der Waals surface area contributed by atoms with Crippen LogP contribution >= 0.6 is 0 Å². The van der Waals surface area contributed by atoms with Crippen molar-refractivity contribution >= 4 is 0 Å². The van der Waals surface area contributed by atoms with E-state index >= 15 is 0 Å². The molecule has 0 nitrogen and oxygen atoms in total. The van der Waals surface area contributed by atoms with Crippen molar-refractivity contribution in [3.8, 4) is 0 Å². The van der Waals surface area contributed by atoms with Gasteiger partial charge in [0.2, 0.25) is 0 Å². The van der Waals surface area contributed by atoms with Crippen LogP contribution in [0.4, 0.5) is 8.78 Å². The van der Waals surface area contributed by atoms with Crippen molar-refractivity contribution in [3.63, 3.8) is 0 Å². The summed E-state index contributed by atoms with van der Waals surface area (Å²) in [6.45, 7) is 8.91. The Balaban J connectivity index is 0.000000671. The quantitative estimate of drug-likeness (QED) is 0.576. The summed E-state index contributed by atoms with van der Waals surface area (Å²) in [5, 5.41) is 0. The van der Waals surface area contributed by atoms with Gasteiger partial charge in [0.05, 0.1) is 0 Å². The molecule has 0 saturated carbocycles. The van der Waals surface area contributed by atoms with E-state index in [0.717, 1.165) is 5.56 Å². The lowest BCUT2D eigenvalue weighted by Gasteiger charge is -2.04. The Labute approximate surface area is 78.6 Å². The third-order valence-corrected chi connectivity index (χ3v) is 1.89. The molecular weight excluding hydrogens is 170 g/mol. The molecule has 0 N–H and O–H groups in total. The van der Waals surface area contributed by atoms with Crippen molar-refractivity contribution < 1.29 is 8.78 Å². The van der Waals surface area contributed by atoms with Crippen LogP contribution < -0.4 is 0 Å². The van der Waals surface area contributed by atoms with E-state index in [2.05, 4.69) is 0 Å². The van der Waals surface area contributed by atoms with Gasteiger partial charge in [0.25, 0.3) is 0 Å². The van der Waals surface area contributed by atoms with E-state index in [-0.39, 0.29) is 0 Å². The zero-order valence-corrected chi connectivity index (χ0v) is 8.83. The molecule has 0 amide bonds. The standard InChI is InChI=1S/C9H10F2.C2H6/c1-5-4-6(2)8(10)9(11)7(5)3;1-2/h4H,1-3H3;1-2H3. The van der Waals surface area contributed by atoms with Crippen LogP contribution in [0.3, 0.4) is 0 Å². The largest absolute Gasteiger partial charge is 0.203 e. The van der Waals surface area contributed by atoms with Gasteiger partial charge in [-0.15, -0.1) is 0 Å². The van der Waals surface area contributed by atoms with Gasteiger partial charge >= 0.3 is 0 Å². The predicted octanol–water partition coefficient (Wildman–Crippen LogP) is 3.92. The van der Waals surface area contributed by atoms with E-state index in [0.29, 0.717) is 11.1 Å². The number of rotatable bonds is 0. The molecule has 0 bridgehead atoms. The average Bonchev–Trinajstić information content (AvgIpc) is 2.15. The molecule has 0 fully saturated rings. The zero-order valence-electron chi connectivity index (χ0n) is 8.83. The van der Waals surface area contributed by atoms with E-state index in [4.69, 9.17) is 0 Å². The molecule has 2 heteroatoms. The molecular formula is C11H16F2. The lowest BCUT2D eigenvalue weighted by atomic mass is 10.1. The minimum absolute atomic E-state index is 0.366. The summed E-state index contributed by atoms with van der Waals surface area (Å²) in [5.74, 6) is -1.45. The van der Waals surface area contributed by atoms with Crippen LogP contribution in [0.1, 0.15) is 30.5 Å². The number of hydrogen-bond acceptors (Lipinski definition) is 0. The topological polar surface area (TPSA) is 0 Å². The monoisotopic (exact) mass is 186 g/mol. The summed E-state index contributed by atoms with van der Waals surface area (Å²) in [6, 6.07) is 1.65. The summed E-state index contributed by atoms with van der Waals surface area (Å²) in [5.41, 5.74) is 1.56. The minimum Gasteiger partial charge on any atom is -0.203 e. The van der Waals surface area contributed by atoms with Crippen LogP contribution in [-0.4, -0.2) is 0 Å². The highest BCUT2D eigenvalue weighted by molar-refractivity contribution is 5.31. The van der Waals surface area contributed by atoms with E-state index in [9.17, 15) is 8.78 Å². The van der Waals surface area contributed by atoms with Gasteiger partial charge < -0.3 is 0 Å². The summed E-state index contributed by atoms with van der Waals surface area (Å²) < 4.78 is 25.7. The van der Waals surface area contributed by atoms with Crippen molar-refractivity contribution in [1.29, 1.82) is 0 Å². The normalized spacial score (nSPS) is 9.15. The predicted molar refractivity (Wildman–Crippen MR) is 51.9 cm³/mol. The van der Waals surface area contributed by atoms with E-state index < -0.39 is 11.6 Å². The fourth-order valence-electron chi connectivity index (χ4n) is 1.01. The second-order valence-corrected chi connectivity index (χ2v) is 2.76. The third kappa shape index (κ3) is 2.51. The van der Waals surface area contributed by atoms with Crippen molar-refractivity contribution in [2.45, 2.75) is 34.6 Å². The Kier molecular flexibility index (Phi) is 4.60. The first-order chi connectivity index (χ1) is 6.04. The van der Waals surface area contributed by atoms with Crippen LogP contribution in [0, 0.1) is 32.4 Å². The van der Waals surface area contributed by atoms with Gasteiger partial charge in [0, 0.05) is 0 Å². The Morgan fingerprint density at radius 3 is 1.77 bits per heavy atom. The highest BCUT2D eigenvalue weighted by Crippen LogP contribution is 2.18. The van der Waals surface area contributed by atoms with Gasteiger partial charge in [-0.05, 0) is 37.5 Å². The molecule has 13 heavy (non-hydrogen) atoms. The van der Waals surface area contributed by atoms with Gasteiger partial charge in [-0.25, -0.2) is 8.78 Å². The maximum Gasteiger partial charge on any atom is 0.162 e. The van der Waals surface area contributed by atoms with Crippen molar-refractivity contribution in [3.05, 3.63) is 34.4 Å². The summed E-state index contributed by atoms with van der Waals surface area (Å²) in [7, 11) is 0. The molecule has 0 aliphatic heterocycles. The molecule has 0 unspecified atom stereocenters. The molecule has 0 aliphatic carbocycles. The van der Waals surface area contributed by atoms with Gasteiger partial charge in [0.15, 0.2) is 11.6 Å². The highest BCUT2D eigenvalue weighted by atomic mass is 19.2. The molecule has 0 aromatic heterocycles. The molecule has 0 saturated heterocycles. The lowest BCUT2D eigenvalue weighted by molar-refractivity contribution is 0.496. The highest BCUT2D eigenvalue weighted by Gasteiger charge is 2.09. The lowest BCUT2D eigenvalue weighted by Crippen LogP contribution is -1.95. The van der Waals surface area contributed by atoms with Gasteiger partial charge in [-0.2, -0.15) is 0 Å². The van der Waals surface area contributed by atoms with E-state index in [1.54, 1.807) is 26.8 Å². The van der Waals surface area contributed by atoms with Gasteiger partial charge in [-0.1, -0.05) is 19.9 Å². The van der Waals surface area contributed by atoms with Crippen molar-refractivity contribution in [2.75, 3.05) is 0 Å². The fourth-order valence-corrected chi connectivity index (χ4v) is 1.01. The molecule has 0 radical (unpaired) electrons. The van der Waals surface area contributed by atoms with Crippen molar-refractivity contribution in [2.24, 2.45) is 0 Å². The SMILES string of the molecule is CC.Cc1cc(C)c(F)c(F)c1C. The Bertz CT molecular complexity index is 264. The Morgan fingerprint density at radius 2 is 1.31 bits per heavy atom. The van der Waals surface area contributed by atoms with Gasteiger partial charge in [0.1, 0.15) is 0 Å². The Morgan fingerprint density at radius 1 is 0.846 bits per heavy atom. The third-order valence-electron chi connectivity index (χ3n) is 1.89. The molecule has 1 rings (SSSR count). The molecule has 0 spiro atoms. The summed E-state index contributed by atoms with van der Waals surface area (Å²) >= 11 is 0. The first-order valence-corrected chi connectivity index (χ1v) is 4.46.